The molecule has 0 bridgehead atoms. The Bertz CT molecular complexity index is 268. The van der Waals surface area contributed by atoms with Gasteiger partial charge in [-0.3, -0.25) is 9.59 Å². The summed E-state index contributed by atoms with van der Waals surface area (Å²) >= 11 is 0. The highest BCUT2D eigenvalue weighted by molar-refractivity contribution is 5.76. The zero-order valence-electron chi connectivity index (χ0n) is 9.94. The first-order valence-electron chi connectivity index (χ1n) is 5.67. The second kappa shape index (κ2) is 5.84. The summed E-state index contributed by atoms with van der Waals surface area (Å²) in [5, 5.41) is 0. The fourth-order valence-electron chi connectivity index (χ4n) is 2.14. The quantitative estimate of drug-likeness (QED) is 0.697. The number of methoxy groups -OCH3 is 1. The fraction of sp³-hybridized carbons (Fsp3) is 0.818. The molecule has 0 aromatic carbocycles. The van der Waals surface area contributed by atoms with Crippen molar-refractivity contribution in [3.05, 3.63) is 0 Å². The Morgan fingerprint density at radius 3 is 2.69 bits per heavy atom. The number of amides is 1. The van der Waals surface area contributed by atoms with Gasteiger partial charge in [0.05, 0.1) is 13.5 Å². The third-order valence-corrected chi connectivity index (χ3v) is 2.91. The van der Waals surface area contributed by atoms with Crippen LogP contribution in [0.4, 0.5) is 0 Å². The molecular formula is C11H20N2O3. The average Bonchev–Trinajstić information content (AvgIpc) is 2.27. The van der Waals surface area contributed by atoms with Gasteiger partial charge in [0.2, 0.25) is 5.91 Å². The van der Waals surface area contributed by atoms with Crippen molar-refractivity contribution in [3.63, 3.8) is 0 Å². The van der Waals surface area contributed by atoms with Gasteiger partial charge in [-0.05, 0) is 12.3 Å². The van der Waals surface area contributed by atoms with E-state index in [2.05, 4.69) is 4.74 Å². The summed E-state index contributed by atoms with van der Waals surface area (Å²) in [6, 6.07) is -0.0288. The molecule has 0 aromatic heterocycles. The number of carbonyl (C=O) groups is 2. The van der Waals surface area contributed by atoms with E-state index >= 15 is 0 Å². The van der Waals surface area contributed by atoms with E-state index < -0.39 is 0 Å². The van der Waals surface area contributed by atoms with Crippen LogP contribution in [-0.2, 0) is 14.3 Å². The maximum Gasteiger partial charge on any atom is 0.305 e. The van der Waals surface area contributed by atoms with Crippen molar-refractivity contribution in [2.45, 2.75) is 32.2 Å². The van der Waals surface area contributed by atoms with E-state index in [-0.39, 0.29) is 23.8 Å². The highest BCUT2D eigenvalue weighted by Crippen LogP contribution is 2.20. The van der Waals surface area contributed by atoms with Crippen molar-refractivity contribution >= 4 is 11.9 Å². The molecule has 2 unspecified atom stereocenters. The Labute approximate surface area is 95.9 Å². The average molecular weight is 228 g/mol. The van der Waals surface area contributed by atoms with Crippen molar-refractivity contribution in [1.82, 2.24) is 4.90 Å². The second-order valence-corrected chi connectivity index (χ2v) is 4.29. The van der Waals surface area contributed by atoms with Crippen LogP contribution in [0, 0.1) is 5.92 Å². The van der Waals surface area contributed by atoms with Crippen LogP contribution in [0.1, 0.15) is 26.2 Å². The number of esters is 1. The van der Waals surface area contributed by atoms with Gasteiger partial charge >= 0.3 is 5.97 Å². The Morgan fingerprint density at radius 1 is 1.44 bits per heavy atom. The van der Waals surface area contributed by atoms with Gasteiger partial charge in [0.15, 0.2) is 0 Å². The molecule has 0 radical (unpaired) electrons. The SMILES string of the molecule is CCC(=O)N1CC(N)CC(CC(=O)OC)C1. The molecule has 0 saturated carbocycles. The molecule has 1 saturated heterocycles. The molecule has 1 aliphatic heterocycles. The van der Waals surface area contributed by atoms with Gasteiger partial charge in [-0.15, -0.1) is 0 Å². The van der Waals surface area contributed by atoms with Gasteiger partial charge < -0.3 is 15.4 Å². The minimum absolute atomic E-state index is 0.0288. The molecule has 1 amide bonds. The van der Waals surface area contributed by atoms with Gasteiger partial charge in [0.25, 0.3) is 0 Å². The van der Waals surface area contributed by atoms with E-state index in [0.717, 1.165) is 6.42 Å². The molecule has 92 valence electrons. The molecule has 16 heavy (non-hydrogen) atoms. The van der Waals surface area contributed by atoms with Crippen LogP contribution >= 0.6 is 0 Å². The molecule has 0 spiro atoms. The lowest BCUT2D eigenvalue weighted by Crippen LogP contribution is -2.49. The number of nitrogens with two attached hydrogens (primary N) is 1. The summed E-state index contributed by atoms with van der Waals surface area (Å²) < 4.78 is 4.63. The smallest absolute Gasteiger partial charge is 0.305 e. The lowest BCUT2D eigenvalue weighted by molar-refractivity contribution is -0.143. The molecule has 0 aliphatic carbocycles. The Morgan fingerprint density at radius 2 is 2.12 bits per heavy atom. The Kier molecular flexibility index (Phi) is 4.73. The maximum atomic E-state index is 11.6. The number of hydrogen-bond acceptors (Lipinski definition) is 4. The van der Waals surface area contributed by atoms with Crippen LogP contribution in [-0.4, -0.2) is 43.0 Å². The monoisotopic (exact) mass is 228 g/mol. The normalized spacial score (nSPS) is 25.3. The highest BCUT2D eigenvalue weighted by atomic mass is 16.5. The number of nitrogens with zero attached hydrogens (tertiary/aromatic N) is 1. The zero-order chi connectivity index (χ0) is 12.1. The number of ether oxygens (including phenoxy) is 1. The van der Waals surface area contributed by atoms with Crippen molar-refractivity contribution in [2.24, 2.45) is 11.7 Å². The summed E-state index contributed by atoms with van der Waals surface area (Å²) in [5.41, 5.74) is 5.88. The topological polar surface area (TPSA) is 72.6 Å². The van der Waals surface area contributed by atoms with Gasteiger partial charge in [-0.1, -0.05) is 6.92 Å². The zero-order valence-corrected chi connectivity index (χ0v) is 9.94. The van der Waals surface area contributed by atoms with Gasteiger partial charge in [0, 0.05) is 25.6 Å². The van der Waals surface area contributed by atoms with Crippen LogP contribution in [0.5, 0.6) is 0 Å². The van der Waals surface area contributed by atoms with Crippen molar-refractivity contribution in [2.75, 3.05) is 20.2 Å². The number of rotatable bonds is 3. The molecule has 5 heteroatoms. The molecule has 1 aliphatic rings. The van der Waals surface area contributed by atoms with Gasteiger partial charge in [0.1, 0.15) is 0 Å². The number of piperidine rings is 1. The van der Waals surface area contributed by atoms with Crippen LogP contribution < -0.4 is 5.73 Å². The first-order chi connectivity index (χ1) is 7.56. The molecule has 0 aromatic rings. The van der Waals surface area contributed by atoms with E-state index in [1.54, 1.807) is 4.90 Å². The van der Waals surface area contributed by atoms with Crippen molar-refractivity contribution in [3.8, 4) is 0 Å². The lowest BCUT2D eigenvalue weighted by atomic mass is 9.92. The second-order valence-electron chi connectivity index (χ2n) is 4.29. The van der Waals surface area contributed by atoms with Crippen molar-refractivity contribution in [1.29, 1.82) is 0 Å². The predicted octanol–water partition coefficient (Wildman–Crippen LogP) is 0.135. The lowest BCUT2D eigenvalue weighted by Gasteiger charge is -2.35. The number of carbonyl (C=O) groups excluding carboxylic acids is 2. The summed E-state index contributed by atoms with van der Waals surface area (Å²) in [6.45, 7) is 3.05. The van der Waals surface area contributed by atoms with Gasteiger partial charge in [-0.25, -0.2) is 0 Å². The Hall–Kier alpha value is -1.10. The highest BCUT2D eigenvalue weighted by Gasteiger charge is 2.28. The summed E-state index contributed by atoms with van der Waals surface area (Å²) in [5.74, 6) is -0.000265. The van der Waals surface area contributed by atoms with Crippen LogP contribution in [0.2, 0.25) is 0 Å². The van der Waals surface area contributed by atoms with E-state index in [1.807, 2.05) is 6.92 Å². The standard InChI is InChI=1S/C11H20N2O3/c1-3-10(14)13-6-8(4-9(12)7-13)5-11(15)16-2/h8-9H,3-7,12H2,1-2H3. The fourth-order valence-corrected chi connectivity index (χ4v) is 2.14. The molecule has 1 fully saturated rings. The summed E-state index contributed by atoms with van der Waals surface area (Å²) in [4.78, 5) is 24.5. The van der Waals surface area contributed by atoms with Gasteiger partial charge in [-0.2, -0.15) is 0 Å². The molecule has 2 atom stereocenters. The molecule has 1 heterocycles. The first kappa shape index (κ1) is 13.0. The third-order valence-electron chi connectivity index (χ3n) is 2.91. The van der Waals surface area contributed by atoms with Crippen LogP contribution in [0.3, 0.4) is 0 Å². The van der Waals surface area contributed by atoms with Crippen molar-refractivity contribution < 1.29 is 14.3 Å². The minimum atomic E-state index is -0.233. The summed E-state index contributed by atoms with van der Waals surface area (Å²) in [6.07, 6.45) is 1.61. The van der Waals surface area contributed by atoms with Crippen LogP contribution in [0.25, 0.3) is 0 Å². The predicted molar refractivity (Wildman–Crippen MR) is 59.6 cm³/mol. The number of likely N-dealkylation sites (tertiary alicyclic amines) is 1. The largest absolute Gasteiger partial charge is 0.469 e. The molecule has 2 N–H and O–H groups in total. The minimum Gasteiger partial charge on any atom is -0.469 e. The van der Waals surface area contributed by atoms with E-state index in [1.165, 1.54) is 7.11 Å². The molecule has 5 nitrogen and oxygen atoms in total. The number of hydrogen-bond donors (Lipinski definition) is 1. The molecular weight excluding hydrogens is 208 g/mol. The van der Waals surface area contributed by atoms with E-state index in [0.29, 0.717) is 25.9 Å². The van der Waals surface area contributed by atoms with Crippen LogP contribution in [0.15, 0.2) is 0 Å². The Balaban J connectivity index is 2.53. The van der Waals surface area contributed by atoms with E-state index in [4.69, 9.17) is 5.73 Å². The summed E-state index contributed by atoms with van der Waals surface area (Å²) in [7, 11) is 1.38. The molecule has 1 rings (SSSR count). The third kappa shape index (κ3) is 3.48. The first-order valence-corrected chi connectivity index (χ1v) is 5.67. The maximum absolute atomic E-state index is 11.6. The van der Waals surface area contributed by atoms with E-state index in [9.17, 15) is 9.59 Å².